The van der Waals surface area contributed by atoms with E-state index in [1.165, 1.54) is 5.56 Å². The van der Waals surface area contributed by atoms with Crippen molar-refractivity contribution in [2.24, 2.45) is 5.92 Å². The van der Waals surface area contributed by atoms with Crippen LogP contribution in [0.4, 0.5) is 0 Å². The molecule has 0 spiro atoms. The highest BCUT2D eigenvalue weighted by Crippen LogP contribution is 2.26. The van der Waals surface area contributed by atoms with Crippen LogP contribution in [0.3, 0.4) is 0 Å². The molecule has 0 aliphatic heterocycles. The quantitative estimate of drug-likeness (QED) is 0.464. The van der Waals surface area contributed by atoms with Crippen molar-refractivity contribution in [3.63, 3.8) is 0 Å². The van der Waals surface area contributed by atoms with Crippen molar-refractivity contribution in [1.82, 2.24) is 9.80 Å². The Morgan fingerprint density at radius 3 is 2.44 bits per heavy atom. The number of aryl methyl sites for hydroxylation is 1. The van der Waals surface area contributed by atoms with Gasteiger partial charge in [0.15, 0.2) is 0 Å². The summed E-state index contributed by atoms with van der Waals surface area (Å²) in [4.78, 5) is 30.1. The zero-order valence-electron chi connectivity index (χ0n) is 19.4. The van der Waals surface area contributed by atoms with Gasteiger partial charge < -0.3 is 19.0 Å². The van der Waals surface area contributed by atoms with E-state index in [1.54, 1.807) is 12.0 Å². The Morgan fingerprint density at radius 1 is 1.03 bits per heavy atom. The molecular formula is C26H36N2O4. The number of rotatable bonds is 12. The number of methoxy groups -OCH3 is 1. The molecule has 1 aliphatic rings. The Hall–Kier alpha value is -2.60. The van der Waals surface area contributed by atoms with Crippen molar-refractivity contribution in [2.45, 2.75) is 52.0 Å². The van der Waals surface area contributed by atoms with Crippen LogP contribution < -0.4 is 0 Å². The molecule has 6 heteroatoms. The summed E-state index contributed by atoms with van der Waals surface area (Å²) in [6.45, 7) is 4.10. The molecule has 6 nitrogen and oxygen atoms in total. The number of nitrogens with zero attached hydrogens (tertiary/aromatic N) is 2. The SMILES string of the molecule is COCCCN(CC(=O)N(CCc1ccccc1)Cc1ccc(C)o1)C(=O)C1CCCC1. The van der Waals surface area contributed by atoms with Crippen molar-refractivity contribution >= 4 is 11.8 Å². The van der Waals surface area contributed by atoms with Gasteiger partial charge in [0.1, 0.15) is 11.5 Å². The van der Waals surface area contributed by atoms with Crippen LogP contribution in [0.25, 0.3) is 0 Å². The Morgan fingerprint density at radius 2 is 1.78 bits per heavy atom. The lowest BCUT2D eigenvalue weighted by atomic mass is 10.1. The molecule has 0 unspecified atom stereocenters. The van der Waals surface area contributed by atoms with E-state index in [0.29, 0.717) is 26.2 Å². The lowest BCUT2D eigenvalue weighted by Gasteiger charge is -2.29. The van der Waals surface area contributed by atoms with Crippen molar-refractivity contribution < 1.29 is 18.7 Å². The number of hydrogen-bond donors (Lipinski definition) is 0. The van der Waals surface area contributed by atoms with E-state index in [0.717, 1.165) is 50.0 Å². The average Bonchev–Trinajstić information content (AvgIpc) is 3.48. The van der Waals surface area contributed by atoms with Crippen LogP contribution in [0.5, 0.6) is 0 Å². The lowest BCUT2D eigenvalue weighted by Crippen LogP contribution is -2.45. The second kappa shape index (κ2) is 12.4. The normalized spacial score (nSPS) is 13.9. The van der Waals surface area contributed by atoms with E-state index in [2.05, 4.69) is 12.1 Å². The first-order chi connectivity index (χ1) is 15.6. The Kier molecular flexibility index (Phi) is 9.35. The first-order valence-corrected chi connectivity index (χ1v) is 11.7. The van der Waals surface area contributed by atoms with Gasteiger partial charge in [0.2, 0.25) is 11.8 Å². The second-order valence-corrected chi connectivity index (χ2v) is 8.65. The number of furan rings is 1. The zero-order valence-corrected chi connectivity index (χ0v) is 19.4. The lowest BCUT2D eigenvalue weighted by molar-refractivity contribution is -0.143. The Bertz CT molecular complexity index is 843. The minimum Gasteiger partial charge on any atom is -0.464 e. The van der Waals surface area contributed by atoms with E-state index in [-0.39, 0.29) is 24.3 Å². The molecule has 0 radical (unpaired) electrons. The maximum atomic E-state index is 13.4. The molecule has 0 N–H and O–H groups in total. The summed E-state index contributed by atoms with van der Waals surface area (Å²) in [5.41, 5.74) is 1.18. The van der Waals surface area contributed by atoms with E-state index in [4.69, 9.17) is 9.15 Å². The Balaban J connectivity index is 1.69. The molecule has 1 heterocycles. The highest BCUT2D eigenvalue weighted by atomic mass is 16.5. The smallest absolute Gasteiger partial charge is 0.242 e. The summed E-state index contributed by atoms with van der Waals surface area (Å²) in [7, 11) is 1.66. The summed E-state index contributed by atoms with van der Waals surface area (Å²) in [5, 5.41) is 0. The molecular weight excluding hydrogens is 404 g/mol. The van der Waals surface area contributed by atoms with E-state index in [9.17, 15) is 9.59 Å². The maximum absolute atomic E-state index is 13.4. The summed E-state index contributed by atoms with van der Waals surface area (Å²) in [6, 6.07) is 14.0. The highest BCUT2D eigenvalue weighted by Gasteiger charge is 2.29. The van der Waals surface area contributed by atoms with Crippen molar-refractivity contribution in [3.8, 4) is 0 Å². The number of carbonyl (C=O) groups excluding carboxylic acids is 2. The average molecular weight is 441 g/mol. The van der Waals surface area contributed by atoms with Gasteiger partial charge in [-0.2, -0.15) is 0 Å². The molecule has 0 bridgehead atoms. The largest absolute Gasteiger partial charge is 0.464 e. The van der Waals surface area contributed by atoms with Gasteiger partial charge >= 0.3 is 0 Å². The number of amides is 2. The molecule has 1 aromatic heterocycles. The predicted octanol–water partition coefficient (Wildman–Crippen LogP) is 4.21. The summed E-state index contributed by atoms with van der Waals surface area (Å²) in [6.07, 6.45) is 5.53. The van der Waals surface area contributed by atoms with Crippen LogP contribution in [0.1, 0.15) is 49.2 Å². The van der Waals surface area contributed by atoms with E-state index >= 15 is 0 Å². The Labute approximate surface area is 191 Å². The van der Waals surface area contributed by atoms with Crippen molar-refractivity contribution in [1.29, 1.82) is 0 Å². The van der Waals surface area contributed by atoms with Crippen LogP contribution in [0.2, 0.25) is 0 Å². The molecule has 1 fully saturated rings. The van der Waals surface area contributed by atoms with Gasteiger partial charge in [-0.1, -0.05) is 43.2 Å². The van der Waals surface area contributed by atoms with Crippen molar-refractivity contribution in [3.05, 3.63) is 59.5 Å². The summed E-state index contributed by atoms with van der Waals surface area (Å²) < 4.78 is 10.9. The molecule has 2 amide bonds. The molecule has 0 saturated heterocycles. The second-order valence-electron chi connectivity index (χ2n) is 8.65. The first-order valence-electron chi connectivity index (χ1n) is 11.7. The molecule has 3 rings (SSSR count). The maximum Gasteiger partial charge on any atom is 0.242 e. The number of ether oxygens (including phenoxy) is 1. The minimum absolute atomic E-state index is 0.0428. The molecule has 1 aromatic carbocycles. The summed E-state index contributed by atoms with van der Waals surface area (Å²) >= 11 is 0. The van der Waals surface area contributed by atoms with Gasteiger partial charge in [-0.25, -0.2) is 0 Å². The van der Waals surface area contributed by atoms with Crippen LogP contribution in [-0.4, -0.2) is 55.0 Å². The molecule has 1 aliphatic carbocycles. The topological polar surface area (TPSA) is 63.0 Å². The third-order valence-electron chi connectivity index (χ3n) is 6.13. The van der Waals surface area contributed by atoms with Gasteiger partial charge in [-0.3, -0.25) is 9.59 Å². The van der Waals surface area contributed by atoms with Crippen molar-refractivity contribution in [2.75, 3.05) is 33.4 Å². The standard InChI is InChI=1S/C26H36N2O4/c1-21-13-14-24(32-21)19-27(17-15-22-9-4-3-5-10-22)25(29)20-28(16-8-18-31-2)26(30)23-11-6-7-12-23/h3-5,9-10,13-14,23H,6-8,11-12,15-20H2,1-2H3. The van der Waals surface area contributed by atoms with E-state index < -0.39 is 0 Å². The third kappa shape index (κ3) is 7.23. The van der Waals surface area contributed by atoms with Crippen LogP contribution in [0, 0.1) is 12.8 Å². The molecule has 32 heavy (non-hydrogen) atoms. The first kappa shape index (κ1) is 24.1. The van der Waals surface area contributed by atoms with Crippen LogP contribution in [-0.2, 0) is 27.3 Å². The van der Waals surface area contributed by atoms with Crippen LogP contribution in [0.15, 0.2) is 46.9 Å². The van der Waals surface area contributed by atoms with Gasteiger partial charge in [0, 0.05) is 32.7 Å². The fourth-order valence-electron chi connectivity index (χ4n) is 4.32. The highest BCUT2D eigenvalue weighted by molar-refractivity contribution is 5.86. The molecule has 0 atom stereocenters. The fourth-order valence-corrected chi connectivity index (χ4v) is 4.32. The predicted molar refractivity (Wildman–Crippen MR) is 124 cm³/mol. The van der Waals surface area contributed by atoms with Gasteiger partial charge in [-0.15, -0.1) is 0 Å². The molecule has 2 aromatic rings. The number of carbonyl (C=O) groups is 2. The van der Waals surface area contributed by atoms with Gasteiger partial charge in [0.05, 0.1) is 13.1 Å². The van der Waals surface area contributed by atoms with Gasteiger partial charge in [-0.05, 0) is 50.3 Å². The number of benzene rings is 1. The minimum atomic E-state index is -0.0428. The molecule has 174 valence electrons. The molecule has 1 saturated carbocycles. The number of hydrogen-bond acceptors (Lipinski definition) is 4. The monoisotopic (exact) mass is 440 g/mol. The van der Waals surface area contributed by atoms with Crippen LogP contribution >= 0.6 is 0 Å². The van der Waals surface area contributed by atoms with E-state index in [1.807, 2.05) is 42.2 Å². The van der Waals surface area contributed by atoms with Gasteiger partial charge in [0.25, 0.3) is 0 Å². The summed E-state index contributed by atoms with van der Waals surface area (Å²) in [5.74, 6) is 1.71. The third-order valence-corrected chi connectivity index (χ3v) is 6.13. The zero-order chi connectivity index (χ0) is 22.8. The fraction of sp³-hybridized carbons (Fsp3) is 0.538.